The van der Waals surface area contributed by atoms with Crippen LogP contribution in [0.4, 0.5) is 4.39 Å². The van der Waals surface area contributed by atoms with E-state index in [2.05, 4.69) is 18.2 Å². The largest absolute Gasteiger partial charge is 0.497 e. The van der Waals surface area contributed by atoms with Gasteiger partial charge in [0.25, 0.3) is 0 Å². The van der Waals surface area contributed by atoms with Crippen molar-refractivity contribution in [2.45, 2.75) is 13.8 Å². The predicted molar refractivity (Wildman–Crippen MR) is 80.6 cm³/mol. The number of rotatable bonds is 8. The van der Waals surface area contributed by atoms with Gasteiger partial charge in [-0.25, -0.2) is 9.38 Å². The molecule has 0 fully saturated rings. The molecule has 110 valence electrons. The molecule has 0 aliphatic rings. The van der Waals surface area contributed by atoms with Crippen molar-refractivity contribution < 1.29 is 13.9 Å². The van der Waals surface area contributed by atoms with E-state index in [0.29, 0.717) is 5.76 Å². The van der Waals surface area contributed by atoms with Gasteiger partial charge in [-0.3, -0.25) is 0 Å². The van der Waals surface area contributed by atoms with E-state index in [0.717, 1.165) is 11.8 Å². The van der Waals surface area contributed by atoms with Gasteiger partial charge in [-0.15, -0.1) is 0 Å². The SMILES string of the molecule is C=C(/C=C\C(=C/C)COC(=C)N=C/C(F)=C(/C)N)OC. The number of allylic oxidation sites excluding steroid dienone is 4. The summed E-state index contributed by atoms with van der Waals surface area (Å²) in [5.74, 6) is 0.0174. The lowest BCUT2D eigenvalue weighted by Gasteiger charge is -2.05. The molecule has 0 saturated carbocycles. The third kappa shape index (κ3) is 7.92. The van der Waals surface area contributed by atoms with Gasteiger partial charge in [-0.2, -0.15) is 0 Å². The Kier molecular flexibility index (Phi) is 8.50. The van der Waals surface area contributed by atoms with Crippen molar-refractivity contribution in [1.82, 2.24) is 0 Å². The van der Waals surface area contributed by atoms with Gasteiger partial charge in [0, 0.05) is 5.70 Å². The van der Waals surface area contributed by atoms with Crippen molar-refractivity contribution in [3.8, 4) is 0 Å². The van der Waals surface area contributed by atoms with E-state index in [9.17, 15) is 4.39 Å². The van der Waals surface area contributed by atoms with E-state index in [1.54, 1.807) is 12.2 Å². The van der Waals surface area contributed by atoms with E-state index in [1.807, 2.05) is 13.0 Å². The Morgan fingerprint density at radius 3 is 2.50 bits per heavy atom. The first-order valence-electron chi connectivity index (χ1n) is 5.94. The highest BCUT2D eigenvalue weighted by Crippen LogP contribution is 2.06. The number of ether oxygens (including phenoxy) is 2. The molecule has 0 aromatic carbocycles. The summed E-state index contributed by atoms with van der Waals surface area (Å²) in [6.07, 6.45) is 6.34. The lowest BCUT2D eigenvalue weighted by molar-refractivity contribution is 0.241. The summed E-state index contributed by atoms with van der Waals surface area (Å²) in [5, 5.41) is 0. The molecule has 20 heavy (non-hydrogen) atoms. The minimum absolute atomic E-state index is 0.0525. The third-order valence-electron chi connectivity index (χ3n) is 2.22. The van der Waals surface area contributed by atoms with Gasteiger partial charge in [0.15, 0.2) is 5.83 Å². The van der Waals surface area contributed by atoms with Gasteiger partial charge in [0.2, 0.25) is 5.88 Å². The maximum absolute atomic E-state index is 13.1. The Morgan fingerprint density at radius 2 is 2.00 bits per heavy atom. The number of halogens is 1. The average Bonchev–Trinajstić information content (AvgIpc) is 2.44. The van der Waals surface area contributed by atoms with Gasteiger partial charge in [-0.05, 0) is 32.1 Å². The maximum Gasteiger partial charge on any atom is 0.206 e. The van der Waals surface area contributed by atoms with Gasteiger partial charge < -0.3 is 15.2 Å². The topological polar surface area (TPSA) is 56.8 Å². The second-order valence-electron chi connectivity index (χ2n) is 3.84. The van der Waals surface area contributed by atoms with Crippen molar-refractivity contribution in [1.29, 1.82) is 0 Å². The lowest BCUT2D eigenvalue weighted by atomic mass is 10.2. The number of methoxy groups -OCH3 is 1. The summed E-state index contributed by atoms with van der Waals surface area (Å²) in [6.45, 7) is 10.8. The van der Waals surface area contributed by atoms with Crippen LogP contribution < -0.4 is 5.73 Å². The summed E-state index contributed by atoms with van der Waals surface area (Å²) in [7, 11) is 1.54. The Bertz CT molecular complexity index is 470. The minimum atomic E-state index is -0.614. The second-order valence-corrected chi connectivity index (χ2v) is 3.84. The van der Waals surface area contributed by atoms with Gasteiger partial charge in [-0.1, -0.05) is 18.7 Å². The quantitative estimate of drug-likeness (QED) is 0.421. The summed E-state index contributed by atoms with van der Waals surface area (Å²) in [5.41, 5.74) is 6.18. The molecular weight excluding hydrogens is 259 g/mol. The number of aliphatic imine (C=N–C) groups is 1. The zero-order valence-corrected chi connectivity index (χ0v) is 12.1. The first-order valence-corrected chi connectivity index (χ1v) is 5.94. The van der Waals surface area contributed by atoms with Crippen LogP contribution in [0.3, 0.4) is 0 Å². The second kappa shape index (κ2) is 9.61. The van der Waals surface area contributed by atoms with Crippen LogP contribution in [0.2, 0.25) is 0 Å². The predicted octanol–water partition coefficient (Wildman–Crippen LogP) is 3.37. The highest BCUT2D eigenvalue weighted by molar-refractivity contribution is 5.77. The van der Waals surface area contributed by atoms with Crippen molar-refractivity contribution in [2.75, 3.05) is 13.7 Å². The van der Waals surface area contributed by atoms with Crippen LogP contribution in [0.15, 0.2) is 65.1 Å². The van der Waals surface area contributed by atoms with Crippen LogP contribution in [0.5, 0.6) is 0 Å². The Balaban J connectivity index is 4.40. The fraction of sp³-hybridized carbons (Fsp3) is 0.267. The van der Waals surface area contributed by atoms with Gasteiger partial charge in [0.1, 0.15) is 12.4 Å². The standard InChI is InChI=1S/C15H21FN2O2/c1-6-14(8-7-11(2)19-5)10-20-13(4)18-9-15(16)12(3)17/h6-9H,2,4,10,17H2,1,3,5H3/b8-7-,14-6+,15-12+,18-9?. The summed E-state index contributed by atoms with van der Waals surface area (Å²) in [4.78, 5) is 3.71. The Morgan fingerprint density at radius 1 is 1.35 bits per heavy atom. The van der Waals surface area contributed by atoms with Crippen LogP contribution in [0.1, 0.15) is 13.8 Å². The molecule has 0 radical (unpaired) electrons. The molecule has 5 heteroatoms. The molecule has 0 saturated heterocycles. The van der Waals surface area contributed by atoms with Crippen molar-refractivity contribution in [3.05, 3.63) is 60.1 Å². The smallest absolute Gasteiger partial charge is 0.206 e. The van der Waals surface area contributed by atoms with Gasteiger partial charge in [0.05, 0.1) is 13.3 Å². The summed E-state index contributed by atoms with van der Waals surface area (Å²) < 4.78 is 23.2. The number of hydrogen-bond acceptors (Lipinski definition) is 4. The maximum atomic E-state index is 13.1. The van der Waals surface area contributed by atoms with Crippen LogP contribution in [0, 0.1) is 0 Å². The summed E-state index contributed by atoms with van der Waals surface area (Å²) >= 11 is 0. The van der Waals surface area contributed by atoms with E-state index in [4.69, 9.17) is 15.2 Å². The highest BCUT2D eigenvalue weighted by atomic mass is 19.1. The Hall–Kier alpha value is -2.30. The molecule has 0 aromatic rings. The highest BCUT2D eigenvalue weighted by Gasteiger charge is 1.97. The molecule has 0 bridgehead atoms. The zero-order valence-electron chi connectivity index (χ0n) is 12.1. The van der Waals surface area contributed by atoms with Gasteiger partial charge >= 0.3 is 0 Å². The van der Waals surface area contributed by atoms with E-state index in [-0.39, 0.29) is 18.2 Å². The average molecular weight is 280 g/mol. The molecule has 0 atom stereocenters. The molecule has 0 aromatic heterocycles. The molecule has 0 aliphatic carbocycles. The molecule has 0 amide bonds. The monoisotopic (exact) mass is 280 g/mol. The fourth-order valence-electron chi connectivity index (χ4n) is 0.930. The van der Waals surface area contributed by atoms with E-state index >= 15 is 0 Å². The first kappa shape index (κ1) is 17.7. The number of hydrogen-bond donors (Lipinski definition) is 1. The molecule has 4 nitrogen and oxygen atoms in total. The molecule has 0 unspecified atom stereocenters. The number of nitrogens with two attached hydrogens (primary N) is 1. The molecular formula is C15H21FN2O2. The lowest BCUT2D eigenvalue weighted by Crippen LogP contribution is -1.98. The molecule has 0 spiro atoms. The van der Waals surface area contributed by atoms with Crippen molar-refractivity contribution in [2.24, 2.45) is 10.7 Å². The fourth-order valence-corrected chi connectivity index (χ4v) is 0.930. The molecule has 0 heterocycles. The van der Waals surface area contributed by atoms with Crippen LogP contribution >= 0.6 is 0 Å². The normalized spacial score (nSPS) is 13.5. The zero-order chi connectivity index (χ0) is 15.5. The summed E-state index contributed by atoms with van der Waals surface area (Å²) in [6, 6.07) is 0. The van der Waals surface area contributed by atoms with E-state index in [1.165, 1.54) is 14.0 Å². The molecule has 2 N–H and O–H groups in total. The molecule has 0 rings (SSSR count). The first-order chi connectivity index (χ1) is 9.40. The van der Waals surface area contributed by atoms with Crippen LogP contribution in [-0.2, 0) is 9.47 Å². The van der Waals surface area contributed by atoms with Crippen molar-refractivity contribution in [3.63, 3.8) is 0 Å². The number of nitrogens with zero attached hydrogens (tertiary/aromatic N) is 1. The van der Waals surface area contributed by atoms with Crippen molar-refractivity contribution >= 4 is 6.21 Å². The van der Waals surface area contributed by atoms with Crippen LogP contribution in [-0.4, -0.2) is 19.9 Å². The van der Waals surface area contributed by atoms with E-state index < -0.39 is 5.83 Å². The Labute approximate surface area is 119 Å². The minimum Gasteiger partial charge on any atom is -0.497 e. The van der Waals surface area contributed by atoms with Crippen LogP contribution in [0.25, 0.3) is 0 Å². The third-order valence-corrected chi connectivity index (χ3v) is 2.22. The molecule has 0 aliphatic heterocycles.